The Bertz CT molecular complexity index is 1180. The van der Waals surface area contributed by atoms with E-state index in [1.54, 1.807) is 31.2 Å². The monoisotopic (exact) mass is 475 g/mol. The summed E-state index contributed by atoms with van der Waals surface area (Å²) in [6, 6.07) is 5.73. The number of hydrogen-bond donors (Lipinski definition) is 1. The van der Waals surface area contributed by atoms with Crippen LogP contribution in [0.4, 0.5) is 4.79 Å². The normalized spacial score (nSPS) is 24.2. The van der Waals surface area contributed by atoms with Crippen molar-refractivity contribution in [2.45, 2.75) is 38.3 Å². The lowest BCUT2D eigenvalue weighted by molar-refractivity contribution is -0.140. The van der Waals surface area contributed by atoms with Crippen molar-refractivity contribution in [3.8, 4) is 5.69 Å². The van der Waals surface area contributed by atoms with Crippen molar-refractivity contribution < 1.29 is 22.8 Å². The molecule has 0 radical (unpaired) electrons. The first-order valence-electron chi connectivity index (χ1n) is 10.6. The van der Waals surface area contributed by atoms with Crippen molar-refractivity contribution in [1.29, 1.82) is 0 Å². The Morgan fingerprint density at radius 2 is 2.12 bits per heavy atom. The van der Waals surface area contributed by atoms with Crippen molar-refractivity contribution in [3.63, 3.8) is 0 Å². The molecule has 0 aliphatic carbocycles. The highest BCUT2D eigenvalue weighted by molar-refractivity contribution is 7.91. The number of urea groups is 1. The zero-order chi connectivity index (χ0) is 23.8. The maximum atomic E-state index is 13.3. The molecule has 1 N–H and O–H groups in total. The van der Waals surface area contributed by atoms with E-state index in [4.69, 9.17) is 0 Å². The summed E-state index contributed by atoms with van der Waals surface area (Å²) in [5, 5.41) is 13.7. The third-order valence-electron chi connectivity index (χ3n) is 6.04. The standard InChI is InChI=1S/C20H25N7O5S/c1-3-8-25(16-7-9-33(31,32)12-16)17(28)11-26-18(29)20(2,22-19(26)30)14-5-4-6-15(10-14)27-13-21-23-24-27/h4-6,10,13,16H,3,7-9,11-12H2,1-2H3,(H,22,30). The number of amides is 4. The zero-order valence-corrected chi connectivity index (χ0v) is 19.2. The van der Waals surface area contributed by atoms with Crippen molar-refractivity contribution >= 4 is 27.7 Å². The SMILES string of the molecule is CCCN(C(=O)CN1C(=O)NC(C)(c2cccc(-n3cnnn3)c2)C1=O)C1CCS(=O)(=O)C1. The van der Waals surface area contributed by atoms with Gasteiger partial charge in [0.25, 0.3) is 5.91 Å². The molecule has 3 heterocycles. The molecule has 2 aliphatic heterocycles. The summed E-state index contributed by atoms with van der Waals surface area (Å²) in [7, 11) is -3.19. The first kappa shape index (κ1) is 22.8. The topological polar surface area (TPSA) is 147 Å². The third-order valence-corrected chi connectivity index (χ3v) is 7.79. The first-order chi connectivity index (χ1) is 15.6. The predicted molar refractivity (Wildman–Crippen MR) is 116 cm³/mol. The van der Waals surface area contributed by atoms with E-state index in [2.05, 4.69) is 20.8 Å². The fraction of sp³-hybridized carbons (Fsp3) is 0.500. The van der Waals surface area contributed by atoms with Gasteiger partial charge in [0.15, 0.2) is 9.84 Å². The summed E-state index contributed by atoms with van der Waals surface area (Å²) in [6.07, 6.45) is 2.40. The van der Waals surface area contributed by atoms with Crippen LogP contribution in [0, 0.1) is 0 Å². The number of carbonyl (C=O) groups excluding carboxylic acids is 3. The molecule has 0 saturated carbocycles. The van der Waals surface area contributed by atoms with E-state index >= 15 is 0 Å². The first-order valence-corrected chi connectivity index (χ1v) is 12.4. The maximum Gasteiger partial charge on any atom is 0.325 e. The van der Waals surface area contributed by atoms with Gasteiger partial charge in [-0.15, -0.1) is 5.10 Å². The highest BCUT2D eigenvalue weighted by Gasteiger charge is 2.50. The molecule has 13 heteroatoms. The van der Waals surface area contributed by atoms with Gasteiger partial charge in [0.1, 0.15) is 18.4 Å². The van der Waals surface area contributed by atoms with Gasteiger partial charge in [0, 0.05) is 12.6 Å². The van der Waals surface area contributed by atoms with Gasteiger partial charge in [-0.05, 0) is 47.9 Å². The molecular weight excluding hydrogens is 450 g/mol. The molecule has 2 fully saturated rings. The molecule has 4 amide bonds. The number of benzene rings is 1. The van der Waals surface area contributed by atoms with E-state index in [0.29, 0.717) is 30.6 Å². The summed E-state index contributed by atoms with van der Waals surface area (Å²) in [5.74, 6) is -1.08. The lowest BCUT2D eigenvalue weighted by Crippen LogP contribution is -2.48. The van der Waals surface area contributed by atoms with E-state index in [1.807, 2.05) is 6.92 Å². The minimum atomic E-state index is -3.19. The van der Waals surface area contributed by atoms with Gasteiger partial charge in [0.05, 0.1) is 17.2 Å². The van der Waals surface area contributed by atoms with E-state index in [9.17, 15) is 22.8 Å². The number of hydrogen-bond acceptors (Lipinski definition) is 8. The van der Waals surface area contributed by atoms with Gasteiger partial charge in [0.2, 0.25) is 5.91 Å². The minimum Gasteiger partial charge on any atom is -0.337 e. The Morgan fingerprint density at radius 1 is 1.33 bits per heavy atom. The van der Waals surface area contributed by atoms with Crippen LogP contribution in [0.5, 0.6) is 0 Å². The molecule has 4 rings (SSSR count). The Kier molecular flexibility index (Phi) is 5.91. The number of nitrogens with one attached hydrogen (secondary N) is 1. The second-order valence-electron chi connectivity index (χ2n) is 8.40. The average Bonchev–Trinajstić information content (AvgIpc) is 3.48. The number of aromatic nitrogens is 4. The Morgan fingerprint density at radius 3 is 2.76 bits per heavy atom. The lowest BCUT2D eigenvalue weighted by atomic mass is 9.91. The number of rotatable bonds is 7. The molecule has 0 bridgehead atoms. The molecule has 0 spiro atoms. The van der Waals surface area contributed by atoms with Crippen molar-refractivity contribution in [2.75, 3.05) is 24.6 Å². The molecule has 2 unspecified atom stereocenters. The fourth-order valence-corrected chi connectivity index (χ4v) is 6.01. The molecule has 1 aromatic carbocycles. The maximum absolute atomic E-state index is 13.3. The molecule has 33 heavy (non-hydrogen) atoms. The molecule has 2 aliphatic rings. The molecule has 2 saturated heterocycles. The molecule has 2 aromatic rings. The quantitative estimate of drug-likeness (QED) is 0.544. The molecular formula is C20H25N7O5S. The molecule has 176 valence electrons. The number of imide groups is 1. The Hall–Kier alpha value is -3.35. The van der Waals surface area contributed by atoms with Crippen LogP contribution >= 0.6 is 0 Å². The third kappa shape index (κ3) is 4.32. The van der Waals surface area contributed by atoms with Gasteiger partial charge >= 0.3 is 6.03 Å². The van der Waals surface area contributed by atoms with Gasteiger partial charge in [-0.25, -0.2) is 17.9 Å². The fourth-order valence-electron chi connectivity index (χ4n) is 4.27. The second kappa shape index (κ2) is 8.54. The smallest absolute Gasteiger partial charge is 0.325 e. The summed E-state index contributed by atoms with van der Waals surface area (Å²) < 4.78 is 25.2. The number of carbonyl (C=O) groups is 3. The zero-order valence-electron chi connectivity index (χ0n) is 18.3. The second-order valence-corrected chi connectivity index (χ2v) is 10.6. The number of sulfone groups is 1. The highest BCUT2D eigenvalue weighted by atomic mass is 32.2. The Labute approximate surface area is 190 Å². The number of tetrazole rings is 1. The van der Waals surface area contributed by atoms with Gasteiger partial charge in [-0.1, -0.05) is 19.1 Å². The minimum absolute atomic E-state index is 0.0317. The van der Waals surface area contributed by atoms with E-state index in [0.717, 1.165) is 4.90 Å². The van der Waals surface area contributed by atoms with Crippen LogP contribution in [-0.2, 0) is 25.0 Å². The van der Waals surface area contributed by atoms with Gasteiger partial charge < -0.3 is 10.2 Å². The van der Waals surface area contributed by atoms with Crippen molar-refractivity contribution in [3.05, 3.63) is 36.2 Å². The van der Waals surface area contributed by atoms with Gasteiger partial charge in [-0.2, -0.15) is 0 Å². The summed E-state index contributed by atoms with van der Waals surface area (Å²) in [4.78, 5) is 41.5. The van der Waals surface area contributed by atoms with Crippen LogP contribution in [0.15, 0.2) is 30.6 Å². The summed E-state index contributed by atoms with van der Waals surface area (Å²) >= 11 is 0. The van der Waals surface area contributed by atoms with E-state index in [-0.39, 0.29) is 11.5 Å². The van der Waals surface area contributed by atoms with Crippen molar-refractivity contribution in [1.82, 2.24) is 35.3 Å². The largest absolute Gasteiger partial charge is 0.337 e. The van der Waals surface area contributed by atoms with Crippen LogP contribution < -0.4 is 5.32 Å². The Balaban J connectivity index is 1.54. The molecule has 12 nitrogen and oxygen atoms in total. The number of nitrogens with zero attached hydrogens (tertiary/aromatic N) is 6. The highest BCUT2D eigenvalue weighted by Crippen LogP contribution is 2.30. The van der Waals surface area contributed by atoms with Crippen molar-refractivity contribution in [2.24, 2.45) is 0 Å². The lowest BCUT2D eigenvalue weighted by Gasteiger charge is -2.29. The molecule has 1 aromatic heterocycles. The van der Waals surface area contributed by atoms with Crippen LogP contribution in [0.2, 0.25) is 0 Å². The van der Waals surface area contributed by atoms with Crippen LogP contribution in [0.25, 0.3) is 5.69 Å². The van der Waals surface area contributed by atoms with Crippen LogP contribution in [0.3, 0.4) is 0 Å². The summed E-state index contributed by atoms with van der Waals surface area (Å²) in [5.41, 5.74) is -0.267. The summed E-state index contributed by atoms with van der Waals surface area (Å²) in [6.45, 7) is 3.35. The van der Waals surface area contributed by atoms with E-state index in [1.165, 1.54) is 15.9 Å². The van der Waals surface area contributed by atoms with Gasteiger partial charge in [-0.3, -0.25) is 14.5 Å². The van der Waals surface area contributed by atoms with Crippen LogP contribution in [-0.4, -0.2) is 86.9 Å². The van der Waals surface area contributed by atoms with Crippen LogP contribution in [0.1, 0.15) is 32.3 Å². The molecule has 2 atom stereocenters. The average molecular weight is 476 g/mol. The van der Waals surface area contributed by atoms with E-state index < -0.39 is 45.8 Å². The predicted octanol–water partition coefficient (Wildman–Crippen LogP) is -0.145.